The molecule has 0 aliphatic heterocycles. The van der Waals surface area contributed by atoms with Gasteiger partial charge in [-0.3, -0.25) is 4.98 Å². The summed E-state index contributed by atoms with van der Waals surface area (Å²) in [7, 11) is 0. The van der Waals surface area contributed by atoms with Gasteiger partial charge in [-0.15, -0.1) is 0 Å². The summed E-state index contributed by atoms with van der Waals surface area (Å²) in [5, 5.41) is 4.06. The van der Waals surface area contributed by atoms with Crippen molar-refractivity contribution in [3.8, 4) is 5.69 Å². The molecular weight excluding hydrogens is 176 g/mol. The van der Waals surface area contributed by atoms with Crippen LogP contribution in [-0.4, -0.2) is 19.7 Å². The average molecular weight is 188 g/mol. The highest BCUT2D eigenvalue weighted by Gasteiger charge is 2.02. The maximum Gasteiger partial charge on any atom is 0.138 e. The maximum absolute atomic E-state index is 4.29. The standard InChI is InChI=1S/C10H12N4/c1-8(2)10-5-9(3-4-12-10)14-7-11-6-13-14/h3-8H,1-2H3. The minimum atomic E-state index is 0.429. The fraction of sp³-hybridized carbons (Fsp3) is 0.300. The molecule has 14 heavy (non-hydrogen) atoms. The highest BCUT2D eigenvalue weighted by molar-refractivity contribution is 5.31. The first kappa shape index (κ1) is 8.87. The Labute approximate surface area is 82.6 Å². The summed E-state index contributed by atoms with van der Waals surface area (Å²) in [6, 6.07) is 3.94. The largest absolute Gasteiger partial charge is 0.261 e. The summed E-state index contributed by atoms with van der Waals surface area (Å²) >= 11 is 0. The van der Waals surface area contributed by atoms with Crippen LogP contribution >= 0.6 is 0 Å². The molecule has 0 atom stereocenters. The normalized spacial score (nSPS) is 10.8. The van der Waals surface area contributed by atoms with E-state index < -0.39 is 0 Å². The summed E-state index contributed by atoms with van der Waals surface area (Å²) in [5.74, 6) is 0.429. The van der Waals surface area contributed by atoms with Crippen molar-refractivity contribution in [2.75, 3.05) is 0 Å². The molecule has 2 aromatic rings. The highest BCUT2D eigenvalue weighted by atomic mass is 15.3. The predicted molar refractivity (Wildman–Crippen MR) is 53.2 cm³/mol. The van der Waals surface area contributed by atoms with Gasteiger partial charge < -0.3 is 0 Å². The predicted octanol–water partition coefficient (Wildman–Crippen LogP) is 1.79. The zero-order chi connectivity index (χ0) is 9.97. The van der Waals surface area contributed by atoms with Crippen LogP contribution in [0.4, 0.5) is 0 Å². The molecular formula is C10H12N4. The monoisotopic (exact) mass is 188 g/mol. The number of hydrogen-bond donors (Lipinski definition) is 0. The number of pyridine rings is 1. The SMILES string of the molecule is CC(C)c1cc(-n2cncn2)ccn1. The van der Waals surface area contributed by atoms with Crippen LogP contribution in [-0.2, 0) is 0 Å². The van der Waals surface area contributed by atoms with E-state index in [2.05, 4.69) is 28.9 Å². The molecule has 0 radical (unpaired) electrons. The van der Waals surface area contributed by atoms with Crippen molar-refractivity contribution in [3.05, 3.63) is 36.7 Å². The van der Waals surface area contributed by atoms with E-state index in [1.807, 2.05) is 12.1 Å². The van der Waals surface area contributed by atoms with Gasteiger partial charge in [0.05, 0.1) is 5.69 Å². The summed E-state index contributed by atoms with van der Waals surface area (Å²) in [5.41, 5.74) is 2.07. The molecule has 4 nitrogen and oxygen atoms in total. The molecule has 0 bridgehead atoms. The second-order valence-corrected chi connectivity index (χ2v) is 3.43. The Balaban J connectivity index is 2.41. The number of nitrogens with zero attached hydrogens (tertiary/aromatic N) is 4. The molecule has 2 aromatic heterocycles. The number of aromatic nitrogens is 4. The van der Waals surface area contributed by atoms with Crippen LogP contribution < -0.4 is 0 Å². The fourth-order valence-corrected chi connectivity index (χ4v) is 1.24. The quantitative estimate of drug-likeness (QED) is 0.721. The minimum absolute atomic E-state index is 0.429. The van der Waals surface area contributed by atoms with E-state index in [0.29, 0.717) is 5.92 Å². The van der Waals surface area contributed by atoms with Gasteiger partial charge in [0.25, 0.3) is 0 Å². The van der Waals surface area contributed by atoms with E-state index in [1.54, 1.807) is 17.2 Å². The Bertz CT molecular complexity index is 406. The van der Waals surface area contributed by atoms with Gasteiger partial charge in [-0.2, -0.15) is 5.10 Å². The van der Waals surface area contributed by atoms with Crippen LogP contribution in [0.2, 0.25) is 0 Å². The first-order valence-electron chi connectivity index (χ1n) is 4.58. The van der Waals surface area contributed by atoms with Crippen molar-refractivity contribution in [1.29, 1.82) is 0 Å². The summed E-state index contributed by atoms with van der Waals surface area (Å²) < 4.78 is 1.73. The van der Waals surface area contributed by atoms with Crippen molar-refractivity contribution >= 4 is 0 Å². The van der Waals surface area contributed by atoms with Crippen molar-refractivity contribution in [3.63, 3.8) is 0 Å². The van der Waals surface area contributed by atoms with E-state index in [4.69, 9.17) is 0 Å². The molecule has 0 saturated heterocycles. The van der Waals surface area contributed by atoms with E-state index in [1.165, 1.54) is 6.33 Å². The molecule has 72 valence electrons. The highest BCUT2D eigenvalue weighted by Crippen LogP contribution is 2.14. The van der Waals surface area contributed by atoms with E-state index in [9.17, 15) is 0 Å². The summed E-state index contributed by atoms with van der Waals surface area (Å²) in [6.07, 6.45) is 5.00. The van der Waals surface area contributed by atoms with Gasteiger partial charge in [0.15, 0.2) is 0 Å². The third kappa shape index (κ3) is 1.64. The summed E-state index contributed by atoms with van der Waals surface area (Å²) in [6.45, 7) is 4.24. The maximum atomic E-state index is 4.29. The van der Waals surface area contributed by atoms with E-state index >= 15 is 0 Å². The van der Waals surface area contributed by atoms with Crippen LogP contribution in [0.1, 0.15) is 25.5 Å². The van der Waals surface area contributed by atoms with Crippen LogP contribution in [0.15, 0.2) is 31.0 Å². The Morgan fingerprint density at radius 3 is 2.86 bits per heavy atom. The minimum Gasteiger partial charge on any atom is -0.261 e. The number of rotatable bonds is 2. The van der Waals surface area contributed by atoms with Crippen molar-refractivity contribution < 1.29 is 0 Å². The lowest BCUT2D eigenvalue weighted by molar-refractivity contribution is 0.807. The molecule has 2 heterocycles. The molecule has 4 heteroatoms. The first-order chi connectivity index (χ1) is 6.77. The van der Waals surface area contributed by atoms with Gasteiger partial charge in [0.1, 0.15) is 12.7 Å². The van der Waals surface area contributed by atoms with Gasteiger partial charge in [-0.1, -0.05) is 13.8 Å². The lowest BCUT2D eigenvalue weighted by Crippen LogP contribution is -1.98. The van der Waals surface area contributed by atoms with Gasteiger partial charge in [0.2, 0.25) is 0 Å². The Kier molecular flexibility index (Phi) is 2.26. The van der Waals surface area contributed by atoms with Gasteiger partial charge in [-0.25, -0.2) is 9.67 Å². The number of hydrogen-bond acceptors (Lipinski definition) is 3. The fourth-order valence-electron chi connectivity index (χ4n) is 1.24. The van der Waals surface area contributed by atoms with Crippen molar-refractivity contribution in [2.45, 2.75) is 19.8 Å². The molecule has 0 aliphatic carbocycles. The first-order valence-corrected chi connectivity index (χ1v) is 4.58. The molecule has 0 aliphatic rings. The smallest absolute Gasteiger partial charge is 0.138 e. The average Bonchev–Trinajstić information content (AvgIpc) is 2.71. The Hall–Kier alpha value is -1.71. The third-order valence-corrected chi connectivity index (χ3v) is 2.04. The molecule has 0 fully saturated rings. The Morgan fingerprint density at radius 1 is 1.36 bits per heavy atom. The molecule has 0 amide bonds. The summed E-state index contributed by atoms with van der Waals surface area (Å²) in [4.78, 5) is 8.19. The van der Waals surface area contributed by atoms with Crippen molar-refractivity contribution in [2.24, 2.45) is 0 Å². The van der Waals surface area contributed by atoms with Crippen molar-refractivity contribution in [1.82, 2.24) is 19.7 Å². The third-order valence-electron chi connectivity index (χ3n) is 2.04. The van der Waals surface area contributed by atoms with Gasteiger partial charge in [0, 0.05) is 11.9 Å². The molecule has 0 spiro atoms. The topological polar surface area (TPSA) is 43.6 Å². The second-order valence-electron chi connectivity index (χ2n) is 3.43. The van der Waals surface area contributed by atoms with Crippen LogP contribution in [0.25, 0.3) is 5.69 Å². The lowest BCUT2D eigenvalue weighted by Gasteiger charge is -2.06. The van der Waals surface area contributed by atoms with Gasteiger partial charge >= 0.3 is 0 Å². The van der Waals surface area contributed by atoms with Crippen LogP contribution in [0, 0.1) is 0 Å². The van der Waals surface area contributed by atoms with E-state index in [0.717, 1.165) is 11.4 Å². The van der Waals surface area contributed by atoms with Gasteiger partial charge in [-0.05, 0) is 18.1 Å². The van der Waals surface area contributed by atoms with Crippen LogP contribution in [0.5, 0.6) is 0 Å². The zero-order valence-corrected chi connectivity index (χ0v) is 8.25. The zero-order valence-electron chi connectivity index (χ0n) is 8.25. The lowest BCUT2D eigenvalue weighted by atomic mass is 10.1. The Morgan fingerprint density at radius 2 is 2.21 bits per heavy atom. The molecule has 2 rings (SSSR count). The molecule has 0 N–H and O–H groups in total. The molecule has 0 unspecified atom stereocenters. The molecule has 0 aromatic carbocycles. The van der Waals surface area contributed by atoms with Crippen LogP contribution in [0.3, 0.4) is 0 Å². The molecule has 0 saturated carbocycles. The van der Waals surface area contributed by atoms with E-state index in [-0.39, 0.29) is 0 Å². The second kappa shape index (κ2) is 3.57.